The number of hydrogen-bond acceptors (Lipinski definition) is 3. The highest BCUT2D eigenvalue weighted by molar-refractivity contribution is 5.39. The first-order valence-electron chi connectivity index (χ1n) is 7.04. The van der Waals surface area contributed by atoms with Crippen molar-refractivity contribution in [1.29, 1.82) is 0 Å². The van der Waals surface area contributed by atoms with Crippen LogP contribution < -0.4 is 9.47 Å². The Morgan fingerprint density at radius 3 is 2.71 bits per heavy atom. The van der Waals surface area contributed by atoms with Crippen LogP contribution in [0.15, 0.2) is 42.5 Å². The highest BCUT2D eigenvalue weighted by Crippen LogP contribution is 2.41. The van der Waals surface area contributed by atoms with Crippen LogP contribution in [-0.4, -0.2) is 11.7 Å². The van der Waals surface area contributed by atoms with Crippen LogP contribution in [0.3, 0.4) is 0 Å². The molecule has 110 valence electrons. The van der Waals surface area contributed by atoms with Crippen molar-refractivity contribution in [2.75, 3.05) is 6.61 Å². The average molecular weight is 288 g/mol. The fourth-order valence-electron chi connectivity index (χ4n) is 2.57. The second kappa shape index (κ2) is 5.74. The molecule has 0 aromatic heterocycles. The molecule has 1 aliphatic heterocycles. The fraction of sp³-hybridized carbons (Fsp3) is 0.294. The molecule has 3 nitrogen and oxygen atoms in total. The van der Waals surface area contributed by atoms with Gasteiger partial charge in [-0.2, -0.15) is 0 Å². The Labute approximate surface area is 122 Å². The van der Waals surface area contributed by atoms with Crippen molar-refractivity contribution in [2.45, 2.75) is 25.6 Å². The van der Waals surface area contributed by atoms with E-state index >= 15 is 0 Å². The molecule has 2 unspecified atom stereocenters. The van der Waals surface area contributed by atoms with Crippen molar-refractivity contribution in [2.24, 2.45) is 0 Å². The summed E-state index contributed by atoms with van der Waals surface area (Å²) in [4.78, 5) is 0. The van der Waals surface area contributed by atoms with Crippen LogP contribution in [0.4, 0.5) is 4.39 Å². The highest BCUT2D eigenvalue weighted by Gasteiger charge is 2.28. The van der Waals surface area contributed by atoms with E-state index in [2.05, 4.69) is 0 Å². The van der Waals surface area contributed by atoms with Crippen LogP contribution in [0.25, 0.3) is 0 Å². The number of halogens is 1. The molecule has 21 heavy (non-hydrogen) atoms. The molecule has 0 saturated heterocycles. The molecule has 0 spiro atoms. The molecule has 3 rings (SSSR count). The Morgan fingerprint density at radius 1 is 1.24 bits per heavy atom. The molecule has 2 aromatic rings. The van der Waals surface area contributed by atoms with Crippen LogP contribution in [-0.2, 0) is 0 Å². The van der Waals surface area contributed by atoms with Gasteiger partial charge in [0.25, 0.3) is 0 Å². The SMILES string of the molecule is CCOc1ccc(C2CC(O)c3ccc(F)cc3O2)cc1. The molecule has 0 radical (unpaired) electrons. The van der Waals surface area contributed by atoms with E-state index in [1.807, 2.05) is 31.2 Å². The van der Waals surface area contributed by atoms with Crippen molar-refractivity contribution in [3.8, 4) is 11.5 Å². The van der Waals surface area contributed by atoms with Gasteiger partial charge in [-0.25, -0.2) is 4.39 Å². The van der Waals surface area contributed by atoms with E-state index in [4.69, 9.17) is 9.47 Å². The zero-order valence-corrected chi connectivity index (χ0v) is 11.8. The number of aliphatic hydroxyl groups is 1. The highest BCUT2D eigenvalue weighted by atomic mass is 19.1. The summed E-state index contributed by atoms with van der Waals surface area (Å²) in [6.45, 7) is 2.55. The van der Waals surface area contributed by atoms with E-state index in [0.29, 0.717) is 24.3 Å². The third-order valence-electron chi connectivity index (χ3n) is 3.60. The van der Waals surface area contributed by atoms with Gasteiger partial charge in [0.15, 0.2) is 0 Å². The van der Waals surface area contributed by atoms with Gasteiger partial charge in [-0.05, 0) is 36.8 Å². The summed E-state index contributed by atoms with van der Waals surface area (Å²) >= 11 is 0. The van der Waals surface area contributed by atoms with Gasteiger partial charge in [-0.3, -0.25) is 0 Å². The fourth-order valence-corrected chi connectivity index (χ4v) is 2.57. The first-order chi connectivity index (χ1) is 10.2. The number of benzene rings is 2. The van der Waals surface area contributed by atoms with Gasteiger partial charge in [-0.15, -0.1) is 0 Å². The van der Waals surface area contributed by atoms with Gasteiger partial charge >= 0.3 is 0 Å². The molecule has 0 amide bonds. The molecule has 2 aromatic carbocycles. The Kier molecular flexibility index (Phi) is 3.80. The minimum atomic E-state index is -0.647. The third kappa shape index (κ3) is 2.85. The Bertz CT molecular complexity index is 624. The molecule has 0 bridgehead atoms. The molecule has 1 heterocycles. The van der Waals surface area contributed by atoms with Gasteiger partial charge in [-0.1, -0.05) is 12.1 Å². The molecule has 1 N–H and O–H groups in total. The lowest BCUT2D eigenvalue weighted by atomic mass is 9.95. The lowest BCUT2D eigenvalue weighted by molar-refractivity contribution is 0.0653. The van der Waals surface area contributed by atoms with E-state index in [1.54, 1.807) is 6.07 Å². The van der Waals surface area contributed by atoms with Crippen molar-refractivity contribution < 1.29 is 19.0 Å². The predicted molar refractivity (Wildman–Crippen MR) is 77.0 cm³/mol. The van der Waals surface area contributed by atoms with Gasteiger partial charge in [0, 0.05) is 18.1 Å². The number of ether oxygens (including phenoxy) is 2. The zero-order chi connectivity index (χ0) is 14.8. The predicted octanol–water partition coefficient (Wildman–Crippen LogP) is 3.78. The molecular formula is C17H17FO3. The van der Waals surface area contributed by atoms with E-state index in [-0.39, 0.29) is 11.9 Å². The maximum absolute atomic E-state index is 13.3. The summed E-state index contributed by atoms with van der Waals surface area (Å²) < 4.78 is 24.5. The summed E-state index contributed by atoms with van der Waals surface area (Å²) in [6, 6.07) is 11.8. The minimum absolute atomic E-state index is 0.287. The van der Waals surface area contributed by atoms with Crippen LogP contribution in [0.5, 0.6) is 11.5 Å². The second-order valence-corrected chi connectivity index (χ2v) is 5.04. The first-order valence-corrected chi connectivity index (χ1v) is 7.04. The van der Waals surface area contributed by atoms with E-state index < -0.39 is 6.10 Å². The molecule has 0 fully saturated rings. The lowest BCUT2D eigenvalue weighted by Gasteiger charge is -2.30. The smallest absolute Gasteiger partial charge is 0.128 e. The number of aliphatic hydroxyl groups excluding tert-OH is 1. The van der Waals surface area contributed by atoms with Crippen LogP contribution in [0.2, 0.25) is 0 Å². The van der Waals surface area contributed by atoms with Gasteiger partial charge in [0.1, 0.15) is 23.4 Å². The topological polar surface area (TPSA) is 38.7 Å². The van der Waals surface area contributed by atoms with Gasteiger partial charge in [0.2, 0.25) is 0 Å². The largest absolute Gasteiger partial charge is 0.494 e. The molecule has 4 heteroatoms. The van der Waals surface area contributed by atoms with Crippen molar-refractivity contribution in [3.63, 3.8) is 0 Å². The minimum Gasteiger partial charge on any atom is -0.494 e. The zero-order valence-electron chi connectivity index (χ0n) is 11.8. The first kappa shape index (κ1) is 13.9. The van der Waals surface area contributed by atoms with E-state index in [9.17, 15) is 9.50 Å². The maximum atomic E-state index is 13.3. The van der Waals surface area contributed by atoms with Gasteiger partial charge in [0.05, 0.1) is 12.7 Å². The third-order valence-corrected chi connectivity index (χ3v) is 3.60. The summed E-state index contributed by atoms with van der Waals surface area (Å²) in [5.41, 5.74) is 1.58. The summed E-state index contributed by atoms with van der Waals surface area (Å²) in [5, 5.41) is 10.2. The molecule has 2 atom stereocenters. The van der Waals surface area contributed by atoms with Gasteiger partial charge < -0.3 is 14.6 Å². The summed E-state index contributed by atoms with van der Waals surface area (Å²) in [6.07, 6.45) is -0.483. The van der Waals surface area contributed by atoms with Crippen molar-refractivity contribution in [3.05, 3.63) is 59.4 Å². The molecule has 0 aliphatic carbocycles. The Morgan fingerprint density at radius 2 is 2.00 bits per heavy atom. The average Bonchev–Trinajstić information content (AvgIpc) is 2.48. The molecule has 1 aliphatic rings. The number of rotatable bonds is 3. The van der Waals surface area contributed by atoms with Crippen LogP contribution >= 0.6 is 0 Å². The molecular weight excluding hydrogens is 271 g/mol. The van der Waals surface area contributed by atoms with Crippen LogP contribution in [0, 0.1) is 5.82 Å². The van der Waals surface area contributed by atoms with Crippen molar-refractivity contribution >= 4 is 0 Å². The monoisotopic (exact) mass is 288 g/mol. The Balaban J connectivity index is 1.84. The van der Waals surface area contributed by atoms with E-state index in [1.165, 1.54) is 12.1 Å². The standard InChI is InChI=1S/C17H17FO3/c1-2-20-13-6-3-11(4-7-13)16-10-15(19)14-8-5-12(18)9-17(14)21-16/h3-9,15-16,19H,2,10H2,1H3. The maximum Gasteiger partial charge on any atom is 0.128 e. The number of hydrogen-bond donors (Lipinski definition) is 1. The summed E-state index contributed by atoms with van der Waals surface area (Å²) in [7, 11) is 0. The van der Waals surface area contributed by atoms with E-state index in [0.717, 1.165) is 11.3 Å². The second-order valence-electron chi connectivity index (χ2n) is 5.04. The normalized spacial score (nSPS) is 20.5. The molecule has 0 saturated carbocycles. The quantitative estimate of drug-likeness (QED) is 0.934. The van der Waals surface area contributed by atoms with Crippen LogP contribution in [0.1, 0.15) is 36.7 Å². The van der Waals surface area contributed by atoms with Crippen molar-refractivity contribution in [1.82, 2.24) is 0 Å². The lowest BCUT2D eigenvalue weighted by Crippen LogP contribution is -2.19. The summed E-state index contributed by atoms with van der Waals surface area (Å²) in [5.74, 6) is 0.838. The number of fused-ring (bicyclic) bond motifs is 1. The Hall–Kier alpha value is -2.07.